The molecule has 0 aliphatic rings. The van der Waals surface area contributed by atoms with E-state index in [1.807, 2.05) is 0 Å². The van der Waals surface area contributed by atoms with Crippen molar-refractivity contribution in [2.75, 3.05) is 5.73 Å². The standard InChI is InChI=1S/C12H9F2N/c13-8-5-6-11(14)10(7-8)9-3-1-2-4-12(9)15/h1-7H,15H2. The Morgan fingerprint density at radius 1 is 0.867 bits per heavy atom. The van der Waals surface area contributed by atoms with Crippen LogP contribution in [0.3, 0.4) is 0 Å². The van der Waals surface area contributed by atoms with E-state index in [2.05, 4.69) is 0 Å². The van der Waals surface area contributed by atoms with Crippen LogP contribution in [0.25, 0.3) is 11.1 Å². The molecule has 2 aromatic rings. The second-order valence-corrected chi connectivity index (χ2v) is 3.21. The molecule has 0 saturated carbocycles. The van der Waals surface area contributed by atoms with Gasteiger partial charge in [-0.15, -0.1) is 0 Å². The molecule has 0 aliphatic carbocycles. The Morgan fingerprint density at radius 3 is 2.33 bits per heavy atom. The number of benzene rings is 2. The molecule has 1 nitrogen and oxygen atoms in total. The number of rotatable bonds is 1. The fraction of sp³-hybridized carbons (Fsp3) is 0. The van der Waals surface area contributed by atoms with Gasteiger partial charge in [0.25, 0.3) is 0 Å². The summed E-state index contributed by atoms with van der Waals surface area (Å²) in [5.41, 5.74) is 6.81. The maximum absolute atomic E-state index is 13.4. The lowest BCUT2D eigenvalue weighted by Crippen LogP contribution is -1.92. The van der Waals surface area contributed by atoms with Crippen LogP contribution >= 0.6 is 0 Å². The Balaban J connectivity index is 2.64. The lowest BCUT2D eigenvalue weighted by Gasteiger charge is -2.06. The molecule has 2 N–H and O–H groups in total. The SMILES string of the molecule is Nc1ccccc1-c1cc(F)ccc1F. The van der Waals surface area contributed by atoms with Crippen molar-refractivity contribution in [1.82, 2.24) is 0 Å². The Morgan fingerprint density at radius 2 is 1.60 bits per heavy atom. The van der Waals surface area contributed by atoms with Crippen molar-refractivity contribution in [1.29, 1.82) is 0 Å². The maximum Gasteiger partial charge on any atom is 0.131 e. The smallest absolute Gasteiger partial charge is 0.131 e. The van der Waals surface area contributed by atoms with E-state index < -0.39 is 11.6 Å². The van der Waals surface area contributed by atoms with Crippen LogP contribution in [0.5, 0.6) is 0 Å². The van der Waals surface area contributed by atoms with Gasteiger partial charge < -0.3 is 5.73 Å². The first-order valence-electron chi connectivity index (χ1n) is 4.48. The Hall–Kier alpha value is -1.90. The van der Waals surface area contributed by atoms with Gasteiger partial charge in [-0.25, -0.2) is 8.78 Å². The zero-order valence-corrected chi connectivity index (χ0v) is 7.87. The molecule has 0 spiro atoms. The van der Waals surface area contributed by atoms with Gasteiger partial charge in [0.2, 0.25) is 0 Å². The summed E-state index contributed by atoms with van der Waals surface area (Å²) in [4.78, 5) is 0. The van der Waals surface area contributed by atoms with Gasteiger partial charge in [-0.3, -0.25) is 0 Å². The topological polar surface area (TPSA) is 26.0 Å². The molecular weight excluding hydrogens is 196 g/mol. The van der Waals surface area contributed by atoms with E-state index in [0.717, 1.165) is 18.2 Å². The van der Waals surface area contributed by atoms with Gasteiger partial charge in [0, 0.05) is 16.8 Å². The molecule has 2 aromatic carbocycles. The number of hydrogen-bond donors (Lipinski definition) is 1. The number of halogens is 2. The van der Waals surface area contributed by atoms with Crippen LogP contribution in [0.2, 0.25) is 0 Å². The monoisotopic (exact) mass is 205 g/mol. The van der Waals surface area contributed by atoms with E-state index in [1.165, 1.54) is 0 Å². The molecule has 76 valence electrons. The quantitative estimate of drug-likeness (QED) is 0.711. The van der Waals surface area contributed by atoms with Crippen LogP contribution in [0.15, 0.2) is 42.5 Å². The summed E-state index contributed by atoms with van der Waals surface area (Å²) in [5, 5.41) is 0. The summed E-state index contributed by atoms with van der Waals surface area (Å²) < 4.78 is 26.4. The fourth-order valence-electron chi connectivity index (χ4n) is 1.45. The summed E-state index contributed by atoms with van der Waals surface area (Å²) in [6.45, 7) is 0. The molecular formula is C12H9F2N. The molecule has 0 aromatic heterocycles. The molecule has 0 unspecified atom stereocenters. The molecule has 2 rings (SSSR count). The van der Waals surface area contributed by atoms with Gasteiger partial charge in [0.15, 0.2) is 0 Å². The lowest BCUT2D eigenvalue weighted by molar-refractivity contribution is 0.603. The third-order valence-corrected chi connectivity index (χ3v) is 2.18. The van der Waals surface area contributed by atoms with E-state index in [1.54, 1.807) is 24.3 Å². The van der Waals surface area contributed by atoms with E-state index in [-0.39, 0.29) is 5.56 Å². The van der Waals surface area contributed by atoms with Crippen LogP contribution < -0.4 is 5.73 Å². The largest absolute Gasteiger partial charge is 0.398 e. The molecule has 0 radical (unpaired) electrons. The van der Waals surface area contributed by atoms with E-state index in [9.17, 15) is 8.78 Å². The van der Waals surface area contributed by atoms with Gasteiger partial charge in [0.05, 0.1) is 0 Å². The summed E-state index contributed by atoms with van der Waals surface area (Å²) in [7, 11) is 0. The number of hydrogen-bond acceptors (Lipinski definition) is 1. The first-order valence-corrected chi connectivity index (χ1v) is 4.48. The summed E-state index contributed by atoms with van der Waals surface area (Å²) in [6, 6.07) is 10.1. The second-order valence-electron chi connectivity index (χ2n) is 3.21. The number of para-hydroxylation sites is 1. The summed E-state index contributed by atoms with van der Waals surface area (Å²) >= 11 is 0. The molecule has 0 heterocycles. The zero-order valence-electron chi connectivity index (χ0n) is 7.87. The van der Waals surface area contributed by atoms with Crippen LogP contribution in [-0.2, 0) is 0 Å². The molecule has 0 aliphatic heterocycles. The molecule has 15 heavy (non-hydrogen) atoms. The van der Waals surface area contributed by atoms with Gasteiger partial charge >= 0.3 is 0 Å². The number of nitrogens with two attached hydrogens (primary N) is 1. The van der Waals surface area contributed by atoms with E-state index >= 15 is 0 Å². The molecule has 0 amide bonds. The average molecular weight is 205 g/mol. The van der Waals surface area contributed by atoms with E-state index in [0.29, 0.717) is 11.3 Å². The summed E-state index contributed by atoms with van der Waals surface area (Å²) in [5.74, 6) is -0.955. The first kappa shape index (κ1) is 9.65. The predicted molar refractivity (Wildman–Crippen MR) is 56.2 cm³/mol. The minimum atomic E-state index is -0.477. The third-order valence-electron chi connectivity index (χ3n) is 2.18. The predicted octanol–water partition coefficient (Wildman–Crippen LogP) is 3.21. The second kappa shape index (κ2) is 3.69. The normalized spacial score (nSPS) is 10.3. The van der Waals surface area contributed by atoms with E-state index in [4.69, 9.17) is 5.73 Å². The van der Waals surface area contributed by atoms with Crippen molar-refractivity contribution in [2.24, 2.45) is 0 Å². The highest BCUT2D eigenvalue weighted by Gasteiger charge is 2.08. The minimum absolute atomic E-state index is 0.188. The van der Waals surface area contributed by atoms with Crippen molar-refractivity contribution in [3.05, 3.63) is 54.1 Å². The fourth-order valence-corrected chi connectivity index (χ4v) is 1.45. The number of anilines is 1. The molecule has 0 saturated heterocycles. The Bertz CT molecular complexity index is 495. The van der Waals surface area contributed by atoms with Crippen molar-refractivity contribution < 1.29 is 8.78 Å². The van der Waals surface area contributed by atoms with Crippen molar-refractivity contribution >= 4 is 5.69 Å². The molecule has 0 bridgehead atoms. The molecule has 0 atom stereocenters. The van der Waals surface area contributed by atoms with Gasteiger partial charge in [-0.05, 0) is 24.3 Å². The van der Waals surface area contributed by atoms with Crippen LogP contribution in [-0.4, -0.2) is 0 Å². The van der Waals surface area contributed by atoms with Gasteiger partial charge in [-0.2, -0.15) is 0 Å². The summed E-state index contributed by atoms with van der Waals surface area (Å²) in [6.07, 6.45) is 0. The highest BCUT2D eigenvalue weighted by atomic mass is 19.1. The Kier molecular flexibility index (Phi) is 2.37. The zero-order chi connectivity index (χ0) is 10.8. The van der Waals surface area contributed by atoms with Crippen LogP contribution in [0, 0.1) is 11.6 Å². The number of nitrogen functional groups attached to an aromatic ring is 1. The van der Waals surface area contributed by atoms with Crippen molar-refractivity contribution in [2.45, 2.75) is 0 Å². The van der Waals surface area contributed by atoms with Gasteiger partial charge in [0.1, 0.15) is 11.6 Å². The Labute approximate surface area is 86.2 Å². The van der Waals surface area contributed by atoms with Crippen molar-refractivity contribution in [3.63, 3.8) is 0 Å². The highest BCUT2D eigenvalue weighted by molar-refractivity contribution is 5.76. The van der Waals surface area contributed by atoms with Crippen LogP contribution in [0.4, 0.5) is 14.5 Å². The van der Waals surface area contributed by atoms with Gasteiger partial charge in [-0.1, -0.05) is 18.2 Å². The minimum Gasteiger partial charge on any atom is -0.398 e. The van der Waals surface area contributed by atoms with Crippen molar-refractivity contribution in [3.8, 4) is 11.1 Å². The molecule has 3 heteroatoms. The lowest BCUT2D eigenvalue weighted by atomic mass is 10.0. The maximum atomic E-state index is 13.4. The average Bonchev–Trinajstić information content (AvgIpc) is 2.23. The highest BCUT2D eigenvalue weighted by Crippen LogP contribution is 2.28. The van der Waals surface area contributed by atoms with Crippen LogP contribution in [0.1, 0.15) is 0 Å². The third kappa shape index (κ3) is 1.81. The molecule has 0 fully saturated rings. The first-order chi connectivity index (χ1) is 7.18.